The number of nitrogens with one attached hydrogen (secondary N) is 3. The Balaban J connectivity index is 1.25. The Kier molecular flexibility index (Phi) is 16.4. The maximum absolute atomic E-state index is 15.1. The third-order valence-electron chi connectivity index (χ3n) is 12.0. The van der Waals surface area contributed by atoms with Crippen LogP contribution in [0.1, 0.15) is 63.8 Å². The molecule has 1 aliphatic rings. The van der Waals surface area contributed by atoms with E-state index in [0.29, 0.717) is 66.7 Å². The summed E-state index contributed by atoms with van der Waals surface area (Å²) >= 11 is 0. The second-order valence-electron chi connectivity index (χ2n) is 17.0. The van der Waals surface area contributed by atoms with E-state index in [4.69, 9.17) is 14.2 Å². The summed E-state index contributed by atoms with van der Waals surface area (Å²) in [5.41, 5.74) is 5.73. The molecular weight excluding hydrogens is 863 g/mol. The highest BCUT2D eigenvalue weighted by molar-refractivity contribution is 8.76. The number of phenols is 2. The van der Waals surface area contributed by atoms with Crippen molar-refractivity contribution in [1.82, 2.24) is 15.6 Å². The van der Waals surface area contributed by atoms with Crippen LogP contribution in [-0.2, 0) is 42.8 Å². The fourth-order valence-electron chi connectivity index (χ4n) is 8.78. The number of carbonyl (C=O) groups is 1. The second kappa shape index (κ2) is 22.3. The first-order valence-electron chi connectivity index (χ1n) is 21.8. The zero-order valence-electron chi connectivity index (χ0n) is 37.0. The van der Waals surface area contributed by atoms with E-state index in [2.05, 4.69) is 39.9 Å². The third-order valence-corrected chi connectivity index (χ3v) is 14.5. The molecule has 14 heteroatoms. The van der Waals surface area contributed by atoms with E-state index < -0.39 is 30.3 Å². The van der Waals surface area contributed by atoms with Gasteiger partial charge in [-0.05, 0) is 114 Å². The summed E-state index contributed by atoms with van der Waals surface area (Å²) in [5.74, 6) is 0.654. The van der Waals surface area contributed by atoms with Crippen LogP contribution in [0, 0.1) is 5.92 Å². The minimum Gasteiger partial charge on any atom is -0.508 e. The minimum atomic E-state index is -1.09. The lowest BCUT2D eigenvalue weighted by Crippen LogP contribution is -2.41. The minimum absolute atomic E-state index is 0.0210. The molecule has 0 spiro atoms. The van der Waals surface area contributed by atoms with Gasteiger partial charge in [0.05, 0.1) is 18.8 Å². The number of aromatic amines is 1. The van der Waals surface area contributed by atoms with Crippen molar-refractivity contribution in [2.24, 2.45) is 5.92 Å². The molecule has 1 aromatic heterocycles. The van der Waals surface area contributed by atoms with Crippen molar-refractivity contribution < 1.29 is 44.5 Å². The van der Waals surface area contributed by atoms with Gasteiger partial charge in [0.2, 0.25) is 0 Å². The summed E-state index contributed by atoms with van der Waals surface area (Å²) in [6.45, 7) is 2.02. The van der Waals surface area contributed by atoms with E-state index in [1.54, 1.807) is 49.1 Å². The van der Waals surface area contributed by atoms with Crippen LogP contribution in [0.4, 0.5) is 0 Å². The van der Waals surface area contributed by atoms with Crippen molar-refractivity contribution in [3.05, 3.63) is 148 Å². The van der Waals surface area contributed by atoms with Crippen LogP contribution in [0.5, 0.6) is 28.7 Å². The molecule has 0 saturated carbocycles. The third kappa shape index (κ3) is 12.2. The van der Waals surface area contributed by atoms with Crippen LogP contribution in [0.25, 0.3) is 10.8 Å². The summed E-state index contributed by atoms with van der Waals surface area (Å²) < 4.78 is 17.7. The van der Waals surface area contributed by atoms with Gasteiger partial charge in [-0.1, -0.05) is 82.3 Å². The molecule has 4 unspecified atom stereocenters. The number of benzene rings is 5. The van der Waals surface area contributed by atoms with Crippen LogP contribution in [0.2, 0.25) is 0 Å². The molecule has 0 saturated heterocycles. The summed E-state index contributed by atoms with van der Waals surface area (Å²) in [5, 5.41) is 63.7. The largest absolute Gasteiger partial charge is 0.508 e. The SMILES string of the molecule is CNCc1cc(O)cc(C(Cc2ccc(OCO)c3c2CSSCC(C)(O)CNCO3)C(=O)CC(O)C(Cc2cc[nH]c2)Cc2ccc(O)c(OC)c2Cc2cccc3ccccc23)c1. The number of hydrogen-bond donors (Lipinski definition) is 8. The number of phenolic OH excluding ortho intramolecular Hbond substituents is 2. The predicted octanol–water partition coefficient (Wildman–Crippen LogP) is 7.55. The average molecular weight is 922 g/mol. The Morgan fingerprint density at radius 1 is 0.938 bits per heavy atom. The molecule has 0 radical (unpaired) electrons. The highest BCUT2D eigenvalue weighted by atomic mass is 33.1. The molecule has 7 rings (SSSR count). The predicted molar refractivity (Wildman–Crippen MR) is 258 cm³/mol. The second-order valence-corrected chi connectivity index (χ2v) is 19.4. The van der Waals surface area contributed by atoms with E-state index in [-0.39, 0.29) is 36.9 Å². The zero-order chi connectivity index (χ0) is 45.9. The van der Waals surface area contributed by atoms with Crippen molar-refractivity contribution >= 4 is 38.1 Å². The first-order chi connectivity index (χ1) is 31.5. The normalized spacial score (nSPS) is 17.0. The number of aliphatic hydroxyl groups excluding tert-OH is 2. The molecule has 0 aliphatic carbocycles. The highest BCUT2D eigenvalue weighted by Crippen LogP contribution is 2.43. The Bertz CT molecular complexity index is 2530. The van der Waals surface area contributed by atoms with Crippen LogP contribution in [0.15, 0.2) is 103 Å². The van der Waals surface area contributed by atoms with E-state index in [1.807, 2.05) is 61.9 Å². The van der Waals surface area contributed by atoms with Gasteiger partial charge < -0.3 is 50.0 Å². The van der Waals surface area contributed by atoms with Gasteiger partial charge in [-0.2, -0.15) is 0 Å². The van der Waals surface area contributed by atoms with Crippen LogP contribution in [-0.4, -0.2) is 88.0 Å². The fraction of sp³-hybridized carbons (Fsp3) is 0.353. The monoisotopic (exact) mass is 921 g/mol. The number of β-amino-alcohol motifs (C(OH)–C–C–N with tert-alkyl or cyclic N) is 1. The maximum atomic E-state index is 15.1. The molecule has 0 bridgehead atoms. The van der Waals surface area contributed by atoms with E-state index in [1.165, 1.54) is 10.8 Å². The van der Waals surface area contributed by atoms with Gasteiger partial charge in [-0.3, -0.25) is 10.1 Å². The molecule has 0 amide bonds. The quantitative estimate of drug-likeness (QED) is 0.0313. The summed E-state index contributed by atoms with van der Waals surface area (Å²) in [4.78, 5) is 18.2. The number of aromatic nitrogens is 1. The van der Waals surface area contributed by atoms with Crippen molar-refractivity contribution in [2.75, 3.05) is 40.0 Å². The number of fused-ring (bicyclic) bond motifs is 2. The van der Waals surface area contributed by atoms with Crippen LogP contribution in [0.3, 0.4) is 0 Å². The zero-order valence-corrected chi connectivity index (χ0v) is 38.6. The van der Waals surface area contributed by atoms with Gasteiger partial charge in [0.1, 0.15) is 18.3 Å². The highest BCUT2D eigenvalue weighted by Gasteiger charge is 2.32. The number of aromatic hydroxyl groups is 2. The Hall–Kier alpha value is -5.19. The van der Waals surface area contributed by atoms with Gasteiger partial charge in [0.15, 0.2) is 29.8 Å². The number of ketones is 1. The lowest BCUT2D eigenvalue weighted by molar-refractivity contribution is -0.123. The molecule has 0 fully saturated rings. The topological polar surface area (TPSA) is 186 Å². The van der Waals surface area contributed by atoms with Gasteiger partial charge in [0.25, 0.3) is 0 Å². The molecule has 6 aromatic rings. The summed E-state index contributed by atoms with van der Waals surface area (Å²) in [6, 6.07) is 28.6. The average Bonchev–Trinajstić information content (AvgIpc) is 3.79. The smallest absolute Gasteiger partial charge is 0.186 e. The van der Waals surface area contributed by atoms with Gasteiger partial charge >= 0.3 is 0 Å². The molecular formula is C51H59N3O9S2. The van der Waals surface area contributed by atoms with Crippen molar-refractivity contribution in [3.8, 4) is 28.7 Å². The van der Waals surface area contributed by atoms with Crippen LogP contribution < -0.4 is 24.8 Å². The molecule has 1 aliphatic heterocycles. The Morgan fingerprint density at radius 2 is 1.75 bits per heavy atom. The standard InChI is InChI=1S/C51H59N3O9S2/c1-51(60)28-54-30-62-50-44(27-64-65-29-51)37(12-14-48(50)63-31-55)22-42(38-18-33(25-52-2)19-40(56)21-38)47(59)24-46(58)39(17-32-15-16-53-26-32)20-36-11-13-45(57)49(61-3)43(36)23-35-9-6-8-34-7-4-5-10-41(34)35/h4-16,18-19,21,26,39,42,46,52-58,60H,17,20,22-25,27-31H2,1-3H3. The van der Waals surface area contributed by atoms with Crippen LogP contribution >= 0.6 is 21.6 Å². The summed E-state index contributed by atoms with van der Waals surface area (Å²) in [7, 11) is 6.43. The van der Waals surface area contributed by atoms with E-state index in [0.717, 1.165) is 49.7 Å². The number of ether oxygens (including phenoxy) is 3. The van der Waals surface area contributed by atoms with Gasteiger partial charge in [-0.25, -0.2) is 0 Å². The Morgan fingerprint density at radius 3 is 2.54 bits per heavy atom. The molecule has 12 nitrogen and oxygen atoms in total. The first kappa shape index (κ1) is 47.8. The number of H-pyrrole nitrogens is 1. The maximum Gasteiger partial charge on any atom is 0.186 e. The molecule has 4 atom stereocenters. The number of methoxy groups -OCH3 is 1. The first-order valence-corrected chi connectivity index (χ1v) is 24.3. The lowest BCUT2D eigenvalue weighted by Gasteiger charge is -2.27. The fourth-order valence-corrected chi connectivity index (χ4v) is 11.4. The van der Waals surface area contributed by atoms with Gasteiger partial charge in [0, 0.05) is 66.9 Å². The number of rotatable bonds is 18. The molecule has 5 aromatic carbocycles. The molecule has 344 valence electrons. The Labute approximate surface area is 388 Å². The number of Topliss-reactive ketones (excluding diaryl/α,β-unsaturated/α-hetero) is 1. The molecule has 65 heavy (non-hydrogen) atoms. The number of hydrogen-bond acceptors (Lipinski definition) is 13. The van der Waals surface area contributed by atoms with Crippen molar-refractivity contribution in [1.29, 1.82) is 0 Å². The number of aliphatic hydroxyl groups is 3. The van der Waals surface area contributed by atoms with E-state index in [9.17, 15) is 25.5 Å². The van der Waals surface area contributed by atoms with Crippen molar-refractivity contribution in [2.45, 2.75) is 68.9 Å². The van der Waals surface area contributed by atoms with E-state index >= 15 is 4.79 Å². The molecule has 2 heterocycles. The van der Waals surface area contributed by atoms with Crippen molar-refractivity contribution in [3.63, 3.8) is 0 Å². The summed E-state index contributed by atoms with van der Waals surface area (Å²) in [6.07, 6.45) is 3.99. The van der Waals surface area contributed by atoms with Gasteiger partial charge in [-0.15, -0.1) is 0 Å². The molecule has 8 N–H and O–H groups in total. The lowest BCUT2D eigenvalue weighted by atomic mass is 9.80. The number of carbonyl (C=O) groups excluding carboxylic acids is 1.